The lowest BCUT2D eigenvalue weighted by molar-refractivity contribution is 0.0964. The van der Waals surface area contributed by atoms with Gasteiger partial charge in [-0.25, -0.2) is 9.37 Å². The fourth-order valence-electron chi connectivity index (χ4n) is 4.65. The molecule has 0 bridgehead atoms. The van der Waals surface area contributed by atoms with Gasteiger partial charge in [0.05, 0.1) is 5.56 Å². The van der Waals surface area contributed by atoms with Crippen molar-refractivity contribution in [3.63, 3.8) is 0 Å². The summed E-state index contributed by atoms with van der Waals surface area (Å²) in [4.78, 5) is 23.8. The Kier molecular flexibility index (Phi) is 6.04. The maximum Gasteiger partial charge on any atom is 0.255 e. The van der Waals surface area contributed by atoms with Gasteiger partial charge in [0.25, 0.3) is 5.91 Å². The lowest BCUT2D eigenvalue weighted by Gasteiger charge is -2.18. The molecule has 1 N–H and O–H groups in total. The Bertz CT molecular complexity index is 1840. The number of rotatable bonds is 5. The summed E-state index contributed by atoms with van der Waals surface area (Å²) in [5.74, 6) is 0.0623. The molecular formula is C30H22ClFN4O3. The molecule has 0 aliphatic heterocycles. The normalized spacial score (nSPS) is 11.3. The van der Waals surface area contributed by atoms with Crippen molar-refractivity contribution in [2.75, 3.05) is 26.0 Å². The lowest BCUT2D eigenvalue weighted by atomic mass is 9.97. The largest absolute Gasteiger partial charge is 0.455 e. The van der Waals surface area contributed by atoms with Crippen LogP contribution >= 0.6 is 11.6 Å². The zero-order valence-electron chi connectivity index (χ0n) is 21.3. The molecule has 39 heavy (non-hydrogen) atoms. The highest BCUT2D eigenvalue weighted by atomic mass is 35.5. The van der Waals surface area contributed by atoms with E-state index in [-0.39, 0.29) is 11.7 Å². The van der Waals surface area contributed by atoms with Gasteiger partial charge in [0, 0.05) is 66.2 Å². The number of nitrogens with one attached hydrogen (secondary N) is 1. The second-order valence-corrected chi connectivity index (χ2v) is 9.66. The van der Waals surface area contributed by atoms with Crippen LogP contribution in [-0.4, -0.2) is 37.0 Å². The van der Waals surface area contributed by atoms with Crippen molar-refractivity contribution in [3.8, 4) is 33.9 Å². The molecule has 0 unspecified atom stereocenters. The van der Waals surface area contributed by atoms with Crippen LogP contribution < -0.4 is 10.2 Å². The number of fused-ring (bicyclic) bond motifs is 2. The van der Waals surface area contributed by atoms with E-state index >= 15 is 0 Å². The van der Waals surface area contributed by atoms with E-state index < -0.39 is 0 Å². The third-order valence-corrected chi connectivity index (χ3v) is 6.69. The number of furan rings is 1. The van der Waals surface area contributed by atoms with E-state index in [0.29, 0.717) is 55.6 Å². The van der Waals surface area contributed by atoms with Crippen LogP contribution in [0, 0.1) is 5.82 Å². The Morgan fingerprint density at radius 2 is 1.72 bits per heavy atom. The van der Waals surface area contributed by atoms with E-state index in [1.54, 1.807) is 43.6 Å². The zero-order chi connectivity index (χ0) is 27.3. The minimum Gasteiger partial charge on any atom is -0.455 e. The summed E-state index contributed by atoms with van der Waals surface area (Å²) in [6.07, 6.45) is 1.66. The van der Waals surface area contributed by atoms with Gasteiger partial charge in [-0.15, -0.1) is 0 Å². The molecule has 7 nitrogen and oxygen atoms in total. The Morgan fingerprint density at radius 1 is 0.949 bits per heavy atom. The second kappa shape index (κ2) is 9.56. The first-order chi connectivity index (χ1) is 18.8. The number of benzene rings is 3. The fraction of sp³-hybridized carbons (Fsp3) is 0.100. The molecule has 194 valence electrons. The molecule has 3 heterocycles. The van der Waals surface area contributed by atoms with Crippen LogP contribution in [-0.2, 0) is 0 Å². The number of carbonyl (C=O) groups is 1. The first-order valence-corrected chi connectivity index (χ1v) is 12.5. The van der Waals surface area contributed by atoms with E-state index in [1.165, 1.54) is 12.1 Å². The van der Waals surface area contributed by atoms with Crippen molar-refractivity contribution in [3.05, 3.63) is 89.3 Å². The van der Waals surface area contributed by atoms with Crippen LogP contribution in [0.4, 0.5) is 10.1 Å². The van der Waals surface area contributed by atoms with E-state index in [4.69, 9.17) is 20.4 Å². The Morgan fingerprint density at radius 3 is 2.44 bits per heavy atom. The lowest BCUT2D eigenvalue weighted by Crippen LogP contribution is -2.18. The number of halogens is 2. The standard InChI is InChI=1S/C30H22ClFN4O3/c1-33-29(37)26-22-14-21(23(36(2)3)15-25(22)38-27(26)16-6-8-20(32)9-7-16)17-11-18(13-19(31)12-17)30-35-28-24(39-30)5-4-10-34-28/h4-15H,1-3H3,(H,33,37). The Labute approximate surface area is 227 Å². The molecule has 0 saturated heterocycles. The first-order valence-electron chi connectivity index (χ1n) is 12.1. The number of hydrogen-bond donors (Lipinski definition) is 1. The smallest absolute Gasteiger partial charge is 0.255 e. The predicted molar refractivity (Wildman–Crippen MR) is 151 cm³/mol. The van der Waals surface area contributed by atoms with Gasteiger partial charge in [0.1, 0.15) is 17.2 Å². The summed E-state index contributed by atoms with van der Waals surface area (Å²) in [6, 6.07) is 18.8. The minimum absolute atomic E-state index is 0.317. The molecule has 6 rings (SSSR count). The van der Waals surface area contributed by atoms with Crippen LogP contribution in [0.3, 0.4) is 0 Å². The molecule has 9 heteroatoms. The Hall–Kier alpha value is -4.69. The van der Waals surface area contributed by atoms with Crippen LogP contribution in [0.1, 0.15) is 10.4 Å². The summed E-state index contributed by atoms with van der Waals surface area (Å²) in [7, 11) is 5.40. The monoisotopic (exact) mass is 540 g/mol. The molecule has 1 amide bonds. The van der Waals surface area contributed by atoms with E-state index in [0.717, 1.165) is 16.8 Å². The van der Waals surface area contributed by atoms with Gasteiger partial charge >= 0.3 is 0 Å². The van der Waals surface area contributed by atoms with Crippen LogP contribution in [0.25, 0.3) is 56.1 Å². The summed E-state index contributed by atoms with van der Waals surface area (Å²) < 4.78 is 25.8. The molecule has 3 aromatic carbocycles. The number of carbonyl (C=O) groups excluding carboxylic acids is 1. The highest BCUT2D eigenvalue weighted by Crippen LogP contribution is 2.42. The summed E-state index contributed by atoms with van der Waals surface area (Å²) >= 11 is 6.59. The zero-order valence-corrected chi connectivity index (χ0v) is 22.0. The minimum atomic E-state index is -0.375. The van der Waals surface area contributed by atoms with Gasteiger partial charge in [0.2, 0.25) is 5.89 Å². The van der Waals surface area contributed by atoms with Crippen LogP contribution in [0.15, 0.2) is 81.8 Å². The molecule has 0 radical (unpaired) electrons. The molecule has 0 saturated carbocycles. The van der Waals surface area contributed by atoms with E-state index in [2.05, 4.69) is 15.3 Å². The number of amides is 1. The summed E-state index contributed by atoms with van der Waals surface area (Å²) in [5.41, 5.74) is 5.70. The van der Waals surface area contributed by atoms with Gasteiger partial charge in [-0.1, -0.05) is 11.6 Å². The molecule has 6 aromatic rings. The first kappa shape index (κ1) is 24.6. The number of hydrogen-bond acceptors (Lipinski definition) is 6. The third kappa shape index (κ3) is 4.38. The fourth-order valence-corrected chi connectivity index (χ4v) is 4.88. The van der Waals surface area contributed by atoms with Crippen molar-refractivity contribution >= 4 is 45.4 Å². The van der Waals surface area contributed by atoms with E-state index in [9.17, 15) is 9.18 Å². The summed E-state index contributed by atoms with van der Waals surface area (Å²) in [6.45, 7) is 0. The van der Waals surface area contributed by atoms with Crippen molar-refractivity contribution in [1.82, 2.24) is 15.3 Å². The third-order valence-electron chi connectivity index (χ3n) is 6.47. The molecule has 3 aromatic heterocycles. The van der Waals surface area contributed by atoms with Crippen LogP contribution in [0.5, 0.6) is 0 Å². The molecule has 0 spiro atoms. The van der Waals surface area contributed by atoms with Crippen molar-refractivity contribution in [1.29, 1.82) is 0 Å². The maximum atomic E-state index is 13.6. The SMILES string of the molecule is CNC(=O)c1c(-c2ccc(F)cc2)oc2cc(N(C)C)c(-c3cc(Cl)cc(-c4nc5ncccc5o4)c3)cc12. The number of pyridine rings is 1. The van der Waals surface area contributed by atoms with Gasteiger partial charge in [-0.3, -0.25) is 4.79 Å². The van der Waals surface area contributed by atoms with Crippen molar-refractivity contribution < 1.29 is 18.0 Å². The highest BCUT2D eigenvalue weighted by molar-refractivity contribution is 6.31. The maximum absolute atomic E-state index is 13.6. The van der Waals surface area contributed by atoms with E-state index in [1.807, 2.05) is 43.3 Å². The quantitative estimate of drug-likeness (QED) is 0.249. The molecule has 0 aliphatic carbocycles. The molecule has 0 aliphatic rings. The van der Waals surface area contributed by atoms with Gasteiger partial charge < -0.3 is 19.1 Å². The average Bonchev–Trinajstić information content (AvgIpc) is 3.53. The number of oxazole rings is 1. The topological polar surface area (TPSA) is 84.4 Å². The molecule has 0 atom stereocenters. The number of aromatic nitrogens is 2. The highest BCUT2D eigenvalue weighted by Gasteiger charge is 2.24. The summed E-state index contributed by atoms with van der Waals surface area (Å²) in [5, 5.41) is 3.81. The van der Waals surface area contributed by atoms with Crippen LogP contribution in [0.2, 0.25) is 5.02 Å². The second-order valence-electron chi connectivity index (χ2n) is 9.22. The van der Waals surface area contributed by atoms with Gasteiger partial charge in [0.15, 0.2) is 11.2 Å². The van der Waals surface area contributed by atoms with Crippen molar-refractivity contribution in [2.24, 2.45) is 0 Å². The average molecular weight is 541 g/mol. The Balaban J connectivity index is 1.58. The molecular weight excluding hydrogens is 519 g/mol. The van der Waals surface area contributed by atoms with Gasteiger partial charge in [-0.2, -0.15) is 4.98 Å². The van der Waals surface area contributed by atoms with Crippen molar-refractivity contribution in [2.45, 2.75) is 0 Å². The predicted octanol–water partition coefficient (Wildman–Crippen LogP) is 7.19. The van der Waals surface area contributed by atoms with Gasteiger partial charge in [-0.05, 0) is 66.2 Å². The molecule has 0 fully saturated rings. The number of nitrogens with zero attached hydrogens (tertiary/aromatic N) is 3. The number of anilines is 1.